The lowest BCUT2D eigenvalue weighted by atomic mass is 10.0. The second-order valence-electron chi connectivity index (χ2n) is 7.51. The van der Waals surface area contributed by atoms with Gasteiger partial charge in [0, 0.05) is 7.11 Å². The number of hydrogen-bond acceptors (Lipinski definition) is 3. The summed E-state index contributed by atoms with van der Waals surface area (Å²) in [7, 11) is 1.68. The van der Waals surface area contributed by atoms with Crippen molar-refractivity contribution in [3.63, 3.8) is 0 Å². The first kappa shape index (κ1) is 18.1. The van der Waals surface area contributed by atoms with E-state index in [4.69, 9.17) is 4.74 Å². The molecule has 2 N–H and O–H groups in total. The third-order valence-corrected chi connectivity index (χ3v) is 5.52. The lowest BCUT2D eigenvalue weighted by molar-refractivity contribution is -0.125. The Morgan fingerprint density at radius 2 is 1.93 bits per heavy atom. The third-order valence-electron chi connectivity index (χ3n) is 5.52. The topological polar surface area (TPSA) is 50.4 Å². The van der Waals surface area contributed by atoms with E-state index >= 15 is 0 Å². The molecule has 2 aliphatic rings. The van der Waals surface area contributed by atoms with Crippen LogP contribution in [-0.4, -0.2) is 25.6 Å². The number of halogens is 1. The van der Waals surface area contributed by atoms with Crippen LogP contribution in [0.2, 0.25) is 0 Å². The maximum Gasteiger partial charge on any atom is 0.242 e. The van der Waals surface area contributed by atoms with Crippen molar-refractivity contribution in [3.8, 4) is 0 Å². The molecule has 3 unspecified atom stereocenters. The summed E-state index contributed by atoms with van der Waals surface area (Å²) >= 11 is 0. The highest BCUT2D eigenvalue weighted by atomic mass is 19.1. The fourth-order valence-corrected chi connectivity index (χ4v) is 3.87. The summed E-state index contributed by atoms with van der Waals surface area (Å²) in [6, 6.07) is 13.7. The second kappa shape index (κ2) is 7.79. The maximum atomic E-state index is 13.3. The molecule has 4 nitrogen and oxygen atoms in total. The van der Waals surface area contributed by atoms with Crippen LogP contribution in [0.25, 0.3) is 0 Å². The molecule has 1 saturated carbocycles. The Morgan fingerprint density at radius 3 is 2.63 bits per heavy atom. The molecule has 2 aliphatic carbocycles. The Kier molecular flexibility index (Phi) is 5.23. The minimum absolute atomic E-state index is 0.0953. The van der Waals surface area contributed by atoms with Crippen LogP contribution in [-0.2, 0) is 16.0 Å². The molecule has 0 aromatic heterocycles. The van der Waals surface area contributed by atoms with E-state index in [2.05, 4.69) is 22.8 Å². The third kappa shape index (κ3) is 4.04. The molecule has 0 aliphatic heterocycles. The fourth-order valence-electron chi connectivity index (χ4n) is 3.87. The maximum absolute atomic E-state index is 13.3. The first-order valence-electron chi connectivity index (χ1n) is 9.55. The highest BCUT2D eigenvalue weighted by Gasteiger charge is 2.35. The van der Waals surface area contributed by atoms with Gasteiger partial charge in [0.15, 0.2) is 0 Å². The van der Waals surface area contributed by atoms with Crippen molar-refractivity contribution in [2.75, 3.05) is 13.7 Å². The van der Waals surface area contributed by atoms with Crippen molar-refractivity contribution in [2.45, 2.75) is 37.5 Å². The van der Waals surface area contributed by atoms with Gasteiger partial charge >= 0.3 is 0 Å². The molecular weight excluding hydrogens is 343 g/mol. The van der Waals surface area contributed by atoms with E-state index in [-0.39, 0.29) is 23.9 Å². The molecule has 0 radical (unpaired) electrons. The molecule has 2 aromatic carbocycles. The van der Waals surface area contributed by atoms with E-state index < -0.39 is 6.04 Å². The molecule has 0 saturated heterocycles. The Balaban J connectivity index is 1.50. The monoisotopic (exact) mass is 368 g/mol. The number of nitrogens with one attached hydrogen (secondary N) is 2. The number of carbonyl (C=O) groups excluding carboxylic acids is 1. The Bertz CT molecular complexity index is 804. The van der Waals surface area contributed by atoms with E-state index in [9.17, 15) is 9.18 Å². The highest BCUT2D eigenvalue weighted by Crippen LogP contribution is 2.34. The number of rotatable bonds is 7. The molecule has 142 valence electrons. The minimum atomic E-state index is -0.493. The molecule has 3 atom stereocenters. The number of fused-ring (bicyclic) bond motifs is 1. The summed E-state index contributed by atoms with van der Waals surface area (Å²) in [5.41, 5.74) is 3.12. The summed E-state index contributed by atoms with van der Waals surface area (Å²) < 4.78 is 19.0. The van der Waals surface area contributed by atoms with Crippen molar-refractivity contribution >= 4 is 5.91 Å². The van der Waals surface area contributed by atoms with Crippen LogP contribution < -0.4 is 10.6 Å². The van der Waals surface area contributed by atoms with Crippen LogP contribution in [0.15, 0.2) is 48.5 Å². The summed E-state index contributed by atoms with van der Waals surface area (Å²) in [5.74, 6) is 0.246. The number of methoxy groups -OCH3 is 1. The van der Waals surface area contributed by atoms with Gasteiger partial charge in [-0.3, -0.25) is 4.79 Å². The van der Waals surface area contributed by atoms with Crippen molar-refractivity contribution in [1.29, 1.82) is 0 Å². The van der Waals surface area contributed by atoms with Crippen LogP contribution >= 0.6 is 0 Å². The number of amides is 1. The van der Waals surface area contributed by atoms with Crippen LogP contribution in [0.1, 0.15) is 41.7 Å². The Labute approximate surface area is 159 Å². The van der Waals surface area contributed by atoms with E-state index in [1.54, 1.807) is 19.2 Å². The van der Waals surface area contributed by atoms with Crippen LogP contribution in [0.5, 0.6) is 0 Å². The van der Waals surface area contributed by atoms with Crippen LogP contribution in [0.4, 0.5) is 4.39 Å². The first-order chi connectivity index (χ1) is 13.2. The SMILES string of the molecule is COC1c2ccccc2CC1NC(=O)C(NCC1CC1)c1ccc(F)cc1. The van der Waals surface area contributed by atoms with Gasteiger partial charge < -0.3 is 15.4 Å². The molecule has 0 spiro atoms. The van der Waals surface area contributed by atoms with Gasteiger partial charge in [0.1, 0.15) is 18.0 Å². The molecule has 0 bridgehead atoms. The zero-order chi connectivity index (χ0) is 18.8. The summed E-state index contributed by atoms with van der Waals surface area (Å²) in [5, 5.41) is 6.53. The molecule has 1 amide bonds. The zero-order valence-corrected chi connectivity index (χ0v) is 15.5. The predicted molar refractivity (Wildman–Crippen MR) is 102 cm³/mol. The van der Waals surface area contributed by atoms with Gasteiger partial charge in [-0.2, -0.15) is 0 Å². The summed E-state index contributed by atoms with van der Waals surface area (Å²) in [4.78, 5) is 13.1. The number of carbonyl (C=O) groups is 1. The molecule has 1 fully saturated rings. The van der Waals surface area contributed by atoms with E-state index in [0.29, 0.717) is 5.92 Å². The highest BCUT2D eigenvalue weighted by molar-refractivity contribution is 5.83. The van der Waals surface area contributed by atoms with E-state index in [1.807, 2.05) is 12.1 Å². The standard InChI is InChI=1S/C22H25FN2O2/c1-27-21-18-5-3-2-4-16(18)12-19(21)25-22(26)20(24-13-14-6-7-14)15-8-10-17(23)11-9-15/h2-5,8-11,14,19-21,24H,6-7,12-13H2,1H3,(H,25,26). The van der Waals surface area contributed by atoms with Crippen molar-refractivity contribution in [2.24, 2.45) is 5.92 Å². The molecule has 5 heteroatoms. The normalized spacial score (nSPS) is 22.3. The number of hydrogen-bond donors (Lipinski definition) is 2. The van der Waals surface area contributed by atoms with Gasteiger partial charge in [-0.05, 0) is 60.5 Å². The van der Waals surface area contributed by atoms with Crippen molar-refractivity contribution < 1.29 is 13.9 Å². The molecule has 27 heavy (non-hydrogen) atoms. The van der Waals surface area contributed by atoms with Gasteiger partial charge in [-0.25, -0.2) is 4.39 Å². The molecular formula is C22H25FN2O2. The first-order valence-corrected chi connectivity index (χ1v) is 9.55. The smallest absolute Gasteiger partial charge is 0.242 e. The summed E-state index contributed by atoms with van der Waals surface area (Å²) in [6.07, 6.45) is 3.00. The summed E-state index contributed by atoms with van der Waals surface area (Å²) in [6.45, 7) is 0.800. The minimum Gasteiger partial charge on any atom is -0.375 e. The fraction of sp³-hybridized carbons (Fsp3) is 0.409. The average molecular weight is 368 g/mol. The largest absolute Gasteiger partial charge is 0.375 e. The zero-order valence-electron chi connectivity index (χ0n) is 15.5. The van der Waals surface area contributed by atoms with E-state index in [0.717, 1.165) is 24.1 Å². The van der Waals surface area contributed by atoms with Gasteiger partial charge in [-0.15, -0.1) is 0 Å². The predicted octanol–water partition coefficient (Wildman–Crippen LogP) is 3.30. The number of benzene rings is 2. The average Bonchev–Trinajstić information content (AvgIpc) is 3.43. The lowest BCUT2D eigenvalue weighted by Crippen LogP contribution is -2.45. The lowest BCUT2D eigenvalue weighted by Gasteiger charge is -2.25. The van der Waals surface area contributed by atoms with Gasteiger partial charge in [0.25, 0.3) is 0 Å². The van der Waals surface area contributed by atoms with Crippen molar-refractivity contribution in [3.05, 3.63) is 71.0 Å². The van der Waals surface area contributed by atoms with E-state index in [1.165, 1.54) is 30.5 Å². The van der Waals surface area contributed by atoms with Crippen molar-refractivity contribution in [1.82, 2.24) is 10.6 Å². The molecule has 2 aromatic rings. The molecule has 0 heterocycles. The van der Waals surface area contributed by atoms with Gasteiger partial charge in [-0.1, -0.05) is 36.4 Å². The molecule has 4 rings (SSSR count). The Hall–Kier alpha value is -2.24. The second-order valence-corrected chi connectivity index (χ2v) is 7.51. The van der Waals surface area contributed by atoms with Gasteiger partial charge in [0.05, 0.1) is 6.04 Å². The Morgan fingerprint density at radius 1 is 1.19 bits per heavy atom. The van der Waals surface area contributed by atoms with Gasteiger partial charge in [0.2, 0.25) is 5.91 Å². The van der Waals surface area contributed by atoms with Crippen LogP contribution in [0.3, 0.4) is 0 Å². The van der Waals surface area contributed by atoms with Crippen LogP contribution in [0, 0.1) is 11.7 Å². The number of ether oxygens (including phenoxy) is 1. The quantitative estimate of drug-likeness (QED) is 0.788.